The van der Waals surface area contributed by atoms with Crippen LogP contribution < -0.4 is 15.0 Å². The van der Waals surface area contributed by atoms with Crippen molar-refractivity contribution < 1.29 is 14.3 Å². The third-order valence-electron chi connectivity index (χ3n) is 3.34. The van der Waals surface area contributed by atoms with Crippen molar-refractivity contribution in [2.24, 2.45) is 11.0 Å². The van der Waals surface area contributed by atoms with Gasteiger partial charge in [-0.1, -0.05) is 5.11 Å². The second-order valence-electron chi connectivity index (χ2n) is 4.84. The number of rotatable bonds is 3. The molecule has 2 aliphatic rings. The van der Waals surface area contributed by atoms with Crippen LogP contribution in [0.15, 0.2) is 17.2 Å². The minimum Gasteiger partial charge on any atom is -0.480 e. The SMILES string of the molecule is [N-]=[N+]=NC[C@@H]1CC(=O)N(c2ccc3c(n2)NC(=O)CO3)C1. The molecule has 0 bridgehead atoms. The molecule has 1 saturated heterocycles. The topological polar surface area (TPSA) is 120 Å². The molecule has 2 amide bonds. The predicted molar refractivity (Wildman–Crippen MR) is 72.8 cm³/mol. The van der Waals surface area contributed by atoms with E-state index in [1.165, 1.54) is 4.90 Å². The molecular weight excluding hydrogens is 276 g/mol. The van der Waals surface area contributed by atoms with Gasteiger partial charge in [-0.25, -0.2) is 4.98 Å². The third-order valence-corrected chi connectivity index (χ3v) is 3.34. The van der Waals surface area contributed by atoms with Gasteiger partial charge < -0.3 is 10.1 Å². The van der Waals surface area contributed by atoms with Gasteiger partial charge in [0.2, 0.25) is 5.91 Å². The number of carbonyl (C=O) groups is 2. The highest BCUT2D eigenvalue weighted by Crippen LogP contribution is 2.31. The first-order chi connectivity index (χ1) is 10.2. The van der Waals surface area contributed by atoms with E-state index in [0.29, 0.717) is 30.4 Å². The van der Waals surface area contributed by atoms with Crippen LogP contribution in [0.3, 0.4) is 0 Å². The van der Waals surface area contributed by atoms with Gasteiger partial charge >= 0.3 is 0 Å². The van der Waals surface area contributed by atoms with Gasteiger partial charge in [-0.05, 0) is 23.6 Å². The predicted octanol–water partition coefficient (Wildman–Crippen LogP) is 1.08. The number of fused-ring (bicyclic) bond motifs is 1. The number of hydrogen-bond donors (Lipinski definition) is 1. The van der Waals surface area contributed by atoms with Gasteiger partial charge in [0.15, 0.2) is 18.2 Å². The molecule has 108 valence electrons. The van der Waals surface area contributed by atoms with Crippen molar-refractivity contribution in [1.82, 2.24) is 4.98 Å². The van der Waals surface area contributed by atoms with E-state index < -0.39 is 0 Å². The minimum atomic E-state index is -0.277. The van der Waals surface area contributed by atoms with Crippen LogP contribution in [0.5, 0.6) is 5.75 Å². The summed E-state index contributed by atoms with van der Waals surface area (Å²) < 4.78 is 5.22. The second kappa shape index (κ2) is 5.29. The lowest BCUT2D eigenvalue weighted by Gasteiger charge is -2.20. The monoisotopic (exact) mass is 288 g/mol. The van der Waals surface area contributed by atoms with E-state index in [2.05, 4.69) is 20.3 Å². The standard InChI is InChI=1S/C12H12N6O3/c13-17-14-4-7-3-11(20)18(5-7)9-2-1-8-12(15-9)16-10(19)6-21-8/h1-2,7H,3-6H2,(H,15,16,19)/t7-/m0/s1. The number of azide groups is 1. The zero-order chi connectivity index (χ0) is 14.8. The van der Waals surface area contributed by atoms with Crippen LogP contribution in [0.25, 0.3) is 10.4 Å². The Hall–Kier alpha value is -2.80. The van der Waals surface area contributed by atoms with E-state index in [0.717, 1.165) is 0 Å². The molecule has 3 rings (SSSR count). The van der Waals surface area contributed by atoms with Crippen LogP contribution in [0.1, 0.15) is 6.42 Å². The fourth-order valence-corrected chi connectivity index (χ4v) is 2.38. The summed E-state index contributed by atoms with van der Waals surface area (Å²) in [5.74, 6) is 0.875. The molecule has 1 aromatic heterocycles. The Kier molecular flexibility index (Phi) is 3.33. The fraction of sp³-hybridized carbons (Fsp3) is 0.417. The van der Waals surface area contributed by atoms with Crippen molar-refractivity contribution in [3.63, 3.8) is 0 Å². The molecule has 1 atom stereocenters. The van der Waals surface area contributed by atoms with Crippen molar-refractivity contribution in [3.8, 4) is 5.75 Å². The van der Waals surface area contributed by atoms with Gasteiger partial charge in [-0.15, -0.1) is 0 Å². The maximum atomic E-state index is 12.0. The molecule has 3 heterocycles. The highest BCUT2D eigenvalue weighted by molar-refractivity contribution is 5.97. The van der Waals surface area contributed by atoms with Crippen molar-refractivity contribution in [2.45, 2.75) is 6.42 Å². The van der Waals surface area contributed by atoms with Crippen LogP contribution in [-0.4, -0.2) is 36.5 Å². The Bertz CT molecular complexity index is 654. The first kappa shape index (κ1) is 13.2. The quantitative estimate of drug-likeness (QED) is 0.508. The molecule has 0 saturated carbocycles. The number of pyridine rings is 1. The third kappa shape index (κ3) is 2.59. The van der Waals surface area contributed by atoms with E-state index in [-0.39, 0.29) is 30.9 Å². The molecule has 1 aromatic rings. The summed E-state index contributed by atoms with van der Waals surface area (Å²) in [5, 5.41) is 6.11. The maximum Gasteiger partial charge on any atom is 0.263 e. The van der Waals surface area contributed by atoms with E-state index in [4.69, 9.17) is 10.3 Å². The number of carbonyl (C=O) groups excluding carboxylic acids is 2. The summed E-state index contributed by atoms with van der Waals surface area (Å²) in [6.45, 7) is 0.687. The molecule has 21 heavy (non-hydrogen) atoms. The largest absolute Gasteiger partial charge is 0.480 e. The summed E-state index contributed by atoms with van der Waals surface area (Å²) in [5.41, 5.74) is 8.33. The minimum absolute atomic E-state index is 0.0166. The number of amides is 2. The zero-order valence-corrected chi connectivity index (χ0v) is 11.0. The lowest BCUT2D eigenvalue weighted by atomic mass is 10.1. The molecule has 1 fully saturated rings. The molecule has 9 heteroatoms. The molecule has 0 radical (unpaired) electrons. The van der Waals surface area contributed by atoms with Gasteiger partial charge in [0.05, 0.1) is 0 Å². The van der Waals surface area contributed by atoms with E-state index >= 15 is 0 Å². The highest BCUT2D eigenvalue weighted by Gasteiger charge is 2.31. The average Bonchev–Trinajstić information content (AvgIpc) is 2.85. The van der Waals surface area contributed by atoms with E-state index in [9.17, 15) is 9.59 Å². The Labute approximate surface area is 119 Å². The van der Waals surface area contributed by atoms with Crippen LogP contribution in [0.4, 0.5) is 11.6 Å². The van der Waals surface area contributed by atoms with Crippen LogP contribution in [0.2, 0.25) is 0 Å². The Morgan fingerprint density at radius 3 is 3.19 bits per heavy atom. The zero-order valence-electron chi connectivity index (χ0n) is 11.0. The lowest BCUT2D eigenvalue weighted by Crippen LogP contribution is -2.29. The molecule has 0 aromatic carbocycles. The first-order valence-electron chi connectivity index (χ1n) is 6.42. The number of ether oxygens (including phenoxy) is 1. The van der Waals surface area contributed by atoms with Crippen molar-refractivity contribution in [1.29, 1.82) is 0 Å². The Morgan fingerprint density at radius 1 is 1.52 bits per heavy atom. The van der Waals surface area contributed by atoms with E-state index in [1.807, 2.05) is 0 Å². The Morgan fingerprint density at radius 2 is 2.38 bits per heavy atom. The first-order valence-corrected chi connectivity index (χ1v) is 6.42. The summed E-state index contributed by atoms with van der Waals surface area (Å²) in [6.07, 6.45) is 0.320. The molecule has 1 N–H and O–H groups in total. The van der Waals surface area contributed by atoms with Crippen LogP contribution in [0, 0.1) is 5.92 Å². The number of aromatic nitrogens is 1. The summed E-state index contributed by atoms with van der Waals surface area (Å²) >= 11 is 0. The van der Waals surface area contributed by atoms with Gasteiger partial charge in [0.25, 0.3) is 5.91 Å². The van der Waals surface area contributed by atoms with Crippen LogP contribution >= 0.6 is 0 Å². The second-order valence-corrected chi connectivity index (χ2v) is 4.84. The fourth-order valence-electron chi connectivity index (χ4n) is 2.38. The van der Waals surface area contributed by atoms with E-state index in [1.54, 1.807) is 12.1 Å². The average molecular weight is 288 g/mol. The number of nitrogens with one attached hydrogen (secondary N) is 1. The van der Waals surface area contributed by atoms with Gasteiger partial charge in [-0.2, -0.15) is 0 Å². The summed E-state index contributed by atoms with van der Waals surface area (Å²) in [4.78, 5) is 31.8. The molecule has 9 nitrogen and oxygen atoms in total. The molecule has 0 unspecified atom stereocenters. The van der Waals surface area contributed by atoms with Gasteiger partial charge in [0.1, 0.15) is 5.82 Å². The summed E-state index contributed by atoms with van der Waals surface area (Å²) in [7, 11) is 0. The summed E-state index contributed by atoms with van der Waals surface area (Å²) in [6, 6.07) is 3.34. The maximum absolute atomic E-state index is 12.0. The number of anilines is 2. The van der Waals surface area contributed by atoms with Gasteiger partial charge in [0, 0.05) is 24.4 Å². The molecular formula is C12H12N6O3. The smallest absolute Gasteiger partial charge is 0.263 e. The molecule has 0 aliphatic carbocycles. The van der Waals surface area contributed by atoms with Crippen molar-refractivity contribution >= 4 is 23.5 Å². The van der Waals surface area contributed by atoms with Crippen molar-refractivity contribution in [3.05, 3.63) is 22.6 Å². The van der Waals surface area contributed by atoms with Crippen molar-refractivity contribution in [2.75, 3.05) is 29.9 Å². The molecule has 0 spiro atoms. The number of nitrogens with zero attached hydrogens (tertiary/aromatic N) is 5. The van der Waals surface area contributed by atoms with Gasteiger partial charge in [-0.3, -0.25) is 14.5 Å². The molecule has 2 aliphatic heterocycles. The van der Waals surface area contributed by atoms with Crippen LogP contribution in [-0.2, 0) is 9.59 Å². The normalized spacial score (nSPS) is 20.4. The highest BCUT2D eigenvalue weighted by atomic mass is 16.5. The lowest BCUT2D eigenvalue weighted by molar-refractivity contribution is -0.118. The Balaban J connectivity index is 1.81. The number of hydrogen-bond acceptors (Lipinski definition) is 5.